The smallest absolute Gasteiger partial charge is 0.124 e. The fourth-order valence-electron chi connectivity index (χ4n) is 1.79. The molecule has 0 aliphatic carbocycles. The van der Waals surface area contributed by atoms with Crippen LogP contribution in [0.25, 0.3) is 0 Å². The molecule has 3 heteroatoms. The molecule has 1 unspecified atom stereocenters. The summed E-state index contributed by atoms with van der Waals surface area (Å²) in [6.07, 6.45) is 7.19. The largest absolute Gasteiger partial charge is 0.324 e. The Hall–Kier alpha value is -0.860. The van der Waals surface area contributed by atoms with Gasteiger partial charge < -0.3 is 5.73 Å². The average Bonchev–Trinajstić information content (AvgIpc) is 2.28. The number of nitrogens with two attached hydrogens (primary N) is 1. The van der Waals surface area contributed by atoms with Crippen LogP contribution in [-0.4, -0.2) is 0 Å². The standard InChI is InChI=1S/C14H19ClFN/c1-2-3-4-5-6-7-14(17)12-9-8-11(16)10-13(12)15/h2,8-10,14H,1,3-7,17H2. The molecule has 1 nitrogen and oxygen atoms in total. The van der Waals surface area contributed by atoms with Crippen molar-refractivity contribution < 1.29 is 4.39 Å². The molecule has 1 atom stereocenters. The minimum atomic E-state index is -0.322. The molecule has 1 aromatic carbocycles. The van der Waals surface area contributed by atoms with E-state index in [2.05, 4.69) is 6.58 Å². The van der Waals surface area contributed by atoms with Crippen LogP contribution in [0.15, 0.2) is 30.9 Å². The van der Waals surface area contributed by atoms with E-state index >= 15 is 0 Å². The van der Waals surface area contributed by atoms with E-state index in [1.165, 1.54) is 12.1 Å². The van der Waals surface area contributed by atoms with Crippen molar-refractivity contribution in [2.75, 3.05) is 0 Å². The molecule has 0 aromatic heterocycles. The molecule has 0 aliphatic rings. The summed E-state index contributed by atoms with van der Waals surface area (Å²) in [5.41, 5.74) is 6.86. The third kappa shape index (κ3) is 4.88. The van der Waals surface area contributed by atoms with Crippen LogP contribution in [0.5, 0.6) is 0 Å². The van der Waals surface area contributed by atoms with Gasteiger partial charge in [-0.05, 0) is 37.0 Å². The quantitative estimate of drug-likeness (QED) is 0.559. The maximum absolute atomic E-state index is 12.9. The van der Waals surface area contributed by atoms with Crippen LogP contribution in [0.4, 0.5) is 4.39 Å². The molecule has 0 saturated heterocycles. The topological polar surface area (TPSA) is 26.0 Å². The Morgan fingerprint density at radius 2 is 2.12 bits per heavy atom. The molecule has 0 amide bonds. The predicted molar refractivity (Wildman–Crippen MR) is 71.6 cm³/mol. The number of hydrogen-bond acceptors (Lipinski definition) is 1. The van der Waals surface area contributed by atoms with E-state index < -0.39 is 0 Å². The minimum absolute atomic E-state index is 0.105. The van der Waals surface area contributed by atoms with Crippen molar-refractivity contribution >= 4 is 11.6 Å². The van der Waals surface area contributed by atoms with Crippen LogP contribution in [0.2, 0.25) is 5.02 Å². The summed E-state index contributed by atoms with van der Waals surface area (Å²) in [6.45, 7) is 3.68. The highest BCUT2D eigenvalue weighted by Gasteiger charge is 2.10. The van der Waals surface area contributed by atoms with Crippen LogP contribution >= 0.6 is 11.6 Å². The second kappa shape index (κ2) is 7.46. The molecule has 0 aliphatic heterocycles. The molecule has 94 valence electrons. The van der Waals surface area contributed by atoms with Gasteiger partial charge in [-0.2, -0.15) is 0 Å². The predicted octanol–water partition coefficient (Wildman–Crippen LogP) is 4.62. The maximum atomic E-state index is 12.9. The zero-order valence-corrected chi connectivity index (χ0v) is 10.7. The van der Waals surface area contributed by atoms with E-state index in [-0.39, 0.29) is 11.9 Å². The summed E-state index contributed by atoms with van der Waals surface area (Å²) in [6, 6.07) is 4.28. The van der Waals surface area contributed by atoms with Crippen LogP contribution < -0.4 is 5.73 Å². The summed E-state index contributed by atoms with van der Waals surface area (Å²) in [7, 11) is 0. The Balaban J connectivity index is 2.41. The van der Waals surface area contributed by atoms with E-state index in [1.807, 2.05) is 6.08 Å². The lowest BCUT2D eigenvalue weighted by Gasteiger charge is -2.13. The molecule has 0 saturated carbocycles. The maximum Gasteiger partial charge on any atom is 0.124 e. The number of hydrogen-bond donors (Lipinski definition) is 1. The summed E-state index contributed by atoms with van der Waals surface area (Å²) < 4.78 is 12.9. The third-order valence-corrected chi connectivity index (χ3v) is 3.11. The van der Waals surface area contributed by atoms with Crippen molar-refractivity contribution in [1.29, 1.82) is 0 Å². The molecule has 0 bridgehead atoms. The van der Waals surface area contributed by atoms with Crippen LogP contribution in [0, 0.1) is 5.82 Å². The first kappa shape index (κ1) is 14.2. The van der Waals surface area contributed by atoms with Gasteiger partial charge in [-0.25, -0.2) is 4.39 Å². The van der Waals surface area contributed by atoms with Crippen molar-refractivity contribution in [2.24, 2.45) is 5.73 Å². The van der Waals surface area contributed by atoms with Crippen LogP contribution in [-0.2, 0) is 0 Å². The van der Waals surface area contributed by atoms with Crippen molar-refractivity contribution in [3.05, 3.63) is 47.3 Å². The number of rotatable bonds is 7. The second-order valence-corrected chi connectivity index (χ2v) is 4.61. The fourth-order valence-corrected chi connectivity index (χ4v) is 2.09. The summed E-state index contributed by atoms with van der Waals surface area (Å²) in [5.74, 6) is -0.322. The highest BCUT2D eigenvalue weighted by atomic mass is 35.5. The van der Waals surface area contributed by atoms with Gasteiger partial charge in [-0.1, -0.05) is 36.6 Å². The lowest BCUT2D eigenvalue weighted by molar-refractivity contribution is 0.570. The van der Waals surface area contributed by atoms with E-state index in [0.717, 1.165) is 37.7 Å². The summed E-state index contributed by atoms with van der Waals surface area (Å²) in [5, 5.41) is 0.420. The molecule has 17 heavy (non-hydrogen) atoms. The summed E-state index contributed by atoms with van der Waals surface area (Å²) in [4.78, 5) is 0. The molecule has 0 radical (unpaired) electrons. The summed E-state index contributed by atoms with van der Waals surface area (Å²) >= 11 is 5.95. The van der Waals surface area contributed by atoms with Gasteiger partial charge in [0.2, 0.25) is 0 Å². The van der Waals surface area contributed by atoms with E-state index in [1.54, 1.807) is 6.07 Å². The fraction of sp³-hybridized carbons (Fsp3) is 0.429. The normalized spacial score (nSPS) is 12.4. The first-order chi connectivity index (χ1) is 8.15. The van der Waals surface area contributed by atoms with Gasteiger partial charge in [-0.3, -0.25) is 0 Å². The molecule has 0 fully saturated rings. The lowest BCUT2D eigenvalue weighted by atomic mass is 10.0. The number of halogens is 2. The SMILES string of the molecule is C=CCCCCCC(N)c1ccc(F)cc1Cl. The van der Waals surface area contributed by atoms with Gasteiger partial charge in [0.1, 0.15) is 5.82 Å². The van der Waals surface area contributed by atoms with Gasteiger partial charge in [0, 0.05) is 11.1 Å². The van der Waals surface area contributed by atoms with Crippen LogP contribution in [0.3, 0.4) is 0 Å². The van der Waals surface area contributed by atoms with Crippen molar-refractivity contribution in [3.63, 3.8) is 0 Å². The highest BCUT2D eigenvalue weighted by Crippen LogP contribution is 2.25. The van der Waals surface area contributed by atoms with E-state index in [4.69, 9.17) is 17.3 Å². The van der Waals surface area contributed by atoms with Gasteiger partial charge in [0.25, 0.3) is 0 Å². The molecule has 1 aromatic rings. The Labute approximate surface area is 107 Å². The van der Waals surface area contributed by atoms with Crippen molar-refractivity contribution in [2.45, 2.75) is 38.1 Å². The molecule has 1 rings (SSSR count). The van der Waals surface area contributed by atoms with E-state index in [0.29, 0.717) is 5.02 Å². The highest BCUT2D eigenvalue weighted by molar-refractivity contribution is 6.31. The van der Waals surface area contributed by atoms with Crippen LogP contribution in [0.1, 0.15) is 43.7 Å². The van der Waals surface area contributed by atoms with E-state index in [9.17, 15) is 4.39 Å². The number of benzene rings is 1. The third-order valence-electron chi connectivity index (χ3n) is 2.79. The Morgan fingerprint density at radius 3 is 2.76 bits per heavy atom. The monoisotopic (exact) mass is 255 g/mol. The van der Waals surface area contributed by atoms with Gasteiger partial charge in [0.15, 0.2) is 0 Å². The van der Waals surface area contributed by atoms with Crippen molar-refractivity contribution in [1.82, 2.24) is 0 Å². The lowest BCUT2D eigenvalue weighted by Crippen LogP contribution is -2.10. The Bertz CT molecular complexity index is 365. The molecule has 0 heterocycles. The average molecular weight is 256 g/mol. The Morgan fingerprint density at radius 1 is 1.35 bits per heavy atom. The van der Waals surface area contributed by atoms with Gasteiger partial charge in [0.05, 0.1) is 0 Å². The first-order valence-corrected chi connectivity index (χ1v) is 6.34. The molecular weight excluding hydrogens is 237 g/mol. The number of unbranched alkanes of at least 4 members (excludes halogenated alkanes) is 3. The molecular formula is C14H19ClFN. The number of allylic oxidation sites excluding steroid dienone is 1. The minimum Gasteiger partial charge on any atom is -0.324 e. The van der Waals surface area contributed by atoms with Crippen molar-refractivity contribution in [3.8, 4) is 0 Å². The second-order valence-electron chi connectivity index (χ2n) is 4.20. The zero-order valence-electron chi connectivity index (χ0n) is 9.96. The molecule has 2 N–H and O–H groups in total. The zero-order chi connectivity index (χ0) is 12.7. The Kier molecular flexibility index (Phi) is 6.23. The molecule has 0 spiro atoms. The first-order valence-electron chi connectivity index (χ1n) is 5.96. The van der Waals surface area contributed by atoms with Gasteiger partial charge >= 0.3 is 0 Å². The van der Waals surface area contributed by atoms with Gasteiger partial charge in [-0.15, -0.1) is 6.58 Å².